The number of hydrogen-bond acceptors (Lipinski definition) is 3. The molecule has 1 heterocycles. The molecule has 3 nitrogen and oxygen atoms in total. The third-order valence-electron chi connectivity index (χ3n) is 1.65. The van der Waals surface area contributed by atoms with E-state index in [1.165, 1.54) is 0 Å². The topological polar surface area (TPSA) is 42.1 Å². The van der Waals surface area contributed by atoms with Crippen molar-refractivity contribution in [1.29, 1.82) is 0 Å². The van der Waals surface area contributed by atoms with Crippen LogP contribution in [0.15, 0.2) is 22.8 Å². The Bertz CT molecular complexity index is 312. The summed E-state index contributed by atoms with van der Waals surface area (Å²) >= 11 is 8.15. The van der Waals surface area contributed by atoms with Crippen molar-refractivity contribution in [2.24, 2.45) is 5.73 Å². The molecular formula is C9H12BrN3S. The summed E-state index contributed by atoms with van der Waals surface area (Å²) in [6.07, 6.45) is 1.78. The molecule has 0 bridgehead atoms. The standard InChI is InChI=1S/C9H12BrN3S/c1-13(6-9(11)14)5-8-3-2-7(10)4-12-8/h2-4H,5-6H2,1H3,(H2,11,14). The minimum atomic E-state index is 0.504. The van der Waals surface area contributed by atoms with E-state index in [2.05, 4.69) is 20.9 Å². The first-order chi connectivity index (χ1) is 6.58. The molecule has 1 rings (SSSR count). The fourth-order valence-corrected chi connectivity index (χ4v) is 1.55. The van der Waals surface area contributed by atoms with Crippen molar-refractivity contribution in [2.45, 2.75) is 6.54 Å². The third kappa shape index (κ3) is 4.13. The van der Waals surface area contributed by atoms with E-state index < -0.39 is 0 Å². The van der Waals surface area contributed by atoms with Crippen molar-refractivity contribution in [2.75, 3.05) is 13.6 Å². The highest BCUT2D eigenvalue weighted by Crippen LogP contribution is 2.08. The molecule has 0 amide bonds. The summed E-state index contributed by atoms with van der Waals surface area (Å²) in [5.74, 6) is 0. The average Bonchev–Trinajstić information content (AvgIpc) is 2.07. The quantitative estimate of drug-likeness (QED) is 0.846. The molecule has 0 aromatic carbocycles. The zero-order chi connectivity index (χ0) is 10.6. The number of rotatable bonds is 4. The normalized spacial score (nSPS) is 10.5. The maximum absolute atomic E-state index is 5.43. The summed E-state index contributed by atoms with van der Waals surface area (Å²) in [5, 5.41) is 0. The van der Waals surface area contributed by atoms with E-state index >= 15 is 0 Å². The number of pyridine rings is 1. The first-order valence-electron chi connectivity index (χ1n) is 4.15. The summed E-state index contributed by atoms with van der Waals surface area (Å²) < 4.78 is 0.984. The second-order valence-corrected chi connectivity index (χ2v) is 4.55. The highest BCUT2D eigenvalue weighted by molar-refractivity contribution is 9.10. The summed E-state index contributed by atoms with van der Waals surface area (Å²) in [5.41, 5.74) is 6.44. The zero-order valence-electron chi connectivity index (χ0n) is 7.90. The maximum atomic E-state index is 5.43. The Hall–Kier alpha value is -0.520. The molecule has 0 radical (unpaired) electrons. The molecule has 0 aliphatic heterocycles. The smallest absolute Gasteiger partial charge is 0.0870 e. The summed E-state index contributed by atoms with van der Waals surface area (Å²) in [6.45, 7) is 1.37. The van der Waals surface area contributed by atoms with Gasteiger partial charge in [0.1, 0.15) is 0 Å². The van der Waals surface area contributed by atoms with Crippen molar-refractivity contribution < 1.29 is 0 Å². The van der Waals surface area contributed by atoms with Crippen molar-refractivity contribution in [1.82, 2.24) is 9.88 Å². The zero-order valence-corrected chi connectivity index (χ0v) is 10.3. The van der Waals surface area contributed by atoms with Gasteiger partial charge in [-0.05, 0) is 35.1 Å². The van der Waals surface area contributed by atoms with Gasteiger partial charge in [0.25, 0.3) is 0 Å². The SMILES string of the molecule is CN(CC(N)=S)Cc1ccc(Br)cn1. The number of nitrogens with zero attached hydrogens (tertiary/aromatic N) is 2. The first kappa shape index (κ1) is 11.6. The van der Waals surface area contributed by atoms with Gasteiger partial charge >= 0.3 is 0 Å². The van der Waals surface area contributed by atoms with Gasteiger partial charge in [0.05, 0.1) is 10.7 Å². The molecule has 1 aromatic heterocycles. The fraction of sp³-hybridized carbons (Fsp3) is 0.333. The predicted octanol–water partition coefficient (Wildman–Crippen LogP) is 1.56. The van der Waals surface area contributed by atoms with Crippen LogP contribution in [0.1, 0.15) is 5.69 Å². The Morgan fingerprint density at radius 3 is 2.86 bits per heavy atom. The van der Waals surface area contributed by atoms with Crippen molar-refractivity contribution in [3.63, 3.8) is 0 Å². The van der Waals surface area contributed by atoms with Gasteiger partial charge in [0, 0.05) is 23.8 Å². The van der Waals surface area contributed by atoms with Crippen LogP contribution >= 0.6 is 28.1 Å². The molecule has 0 aliphatic rings. The molecule has 5 heteroatoms. The van der Waals surface area contributed by atoms with Gasteiger partial charge in [0.15, 0.2) is 0 Å². The van der Waals surface area contributed by atoms with Gasteiger partial charge in [-0.1, -0.05) is 12.2 Å². The molecular weight excluding hydrogens is 262 g/mol. The number of aromatic nitrogens is 1. The lowest BCUT2D eigenvalue weighted by Gasteiger charge is -2.14. The first-order valence-corrected chi connectivity index (χ1v) is 5.35. The molecule has 14 heavy (non-hydrogen) atoms. The minimum Gasteiger partial charge on any atom is -0.392 e. The van der Waals surface area contributed by atoms with Crippen LogP contribution in [0.25, 0.3) is 0 Å². The lowest BCUT2D eigenvalue weighted by atomic mass is 10.3. The van der Waals surface area contributed by atoms with E-state index in [4.69, 9.17) is 18.0 Å². The summed E-state index contributed by atoms with van der Waals surface area (Å²) in [7, 11) is 1.96. The molecule has 0 spiro atoms. The molecule has 0 saturated carbocycles. The van der Waals surface area contributed by atoms with E-state index in [-0.39, 0.29) is 0 Å². The van der Waals surface area contributed by atoms with Crippen LogP contribution in [0.3, 0.4) is 0 Å². The van der Waals surface area contributed by atoms with Gasteiger partial charge in [0.2, 0.25) is 0 Å². The number of likely N-dealkylation sites (N-methyl/N-ethyl adjacent to an activating group) is 1. The number of halogens is 1. The van der Waals surface area contributed by atoms with Gasteiger partial charge in [-0.3, -0.25) is 9.88 Å². The highest BCUT2D eigenvalue weighted by atomic mass is 79.9. The van der Waals surface area contributed by atoms with Crippen LogP contribution in [-0.2, 0) is 6.54 Å². The van der Waals surface area contributed by atoms with E-state index in [0.29, 0.717) is 11.5 Å². The Labute approximate surface area is 97.4 Å². The molecule has 2 N–H and O–H groups in total. The van der Waals surface area contributed by atoms with E-state index in [9.17, 15) is 0 Å². The van der Waals surface area contributed by atoms with Crippen molar-refractivity contribution in [3.8, 4) is 0 Å². The fourth-order valence-electron chi connectivity index (χ4n) is 1.10. The molecule has 76 valence electrons. The Kier molecular flexibility index (Phi) is 4.44. The second-order valence-electron chi connectivity index (χ2n) is 3.11. The Morgan fingerprint density at radius 1 is 1.64 bits per heavy atom. The Balaban J connectivity index is 2.51. The minimum absolute atomic E-state index is 0.504. The van der Waals surface area contributed by atoms with E-state index in [1.807, 2.05) is 24.1 Å². The monoisotopic (exact) mass is 273 g/mol. The van der Waals surface area contributed by atoms with E-state index in [0.717, 1.165) is 16.7 Å². The molecule has 0 fully saturated rings. The molecule has 1 aromatic rings. The number of hydrogen-bond donors (Lipinski definition) is 1. The van der Waals surface area contributed by atoms with E-state index in [1.54, 1.807) is 6.20 Å². The summed E-state index contributed by atoms with van der Waals surface area (Å²) in [4.78, 5) is 6.78. The Morgan fingerprint density at radius 2 is 2.36 bits per heavy atom. The summed E-state index contributed by atoms with van der Waals surface area (Å²) in [6, 6.07) is 3.94. The van der Waals surface area contributed by atoms with Gasteiger partial charge < -0.3 is 5.73 Å². The maximum Gasteiger partial charge on any atom is 0.0870 e. The van der Waals surface area contributed by atoms with Crippen LogP contribution in [-0.4, -0.2) is 28.5 Å². The van der Waals surface area contributed by atoms with Crippen LogP contribution < -0.4 is 5.73 Å². The number of thiocarbonyl (C=S) groups is 1. The van der Waals surface area contributed by atoms with Crippen molar-refractivity contribution >= 4 is 33.1 Å². The molecule has 0 saturated heterocycles. The third-order valence-corrected chi connectivity index (χ3v) is 2.24. The van der Waals surface area contributed by atoms with Crippen LogP contribution in [0.5, 0.6) is 0 Å². The average molecular weight is 274 g/mol. The van der Waals surface area contributed by atoms with Crippen LogP contribution in [0, 0.1) is 0 Å². The number of nitrogens with two attached hydrogens (primary N) is 1. The second kappa shape index (κ2) is 5.38. The highest BCUT2D eigenvalue weighted by Gasteiger charge is 2.02. The molecule has 0 aliphatic carbocycles. The van der Waals surface area contributed by atoms with Crippen LogP contribution in [0.2, 0.25) is 0 Å². The molecule has 0 unspecified atom stereocenters. The van der Waals surface area contributed by atoms with Gasteiger partial charge in [-0.25, -0.2) is 0 Å². The lowest BCUT2D eigenvalue weighted by molar-refractivity contribution is 0.369. The molecule has 0 atom stereocenters. The lowest BCUT2D eigenvalue weighted by Crippen LogP contribution is -2.29. The largest absolute Gasteiger partial charge is 0.392 e. The van der Waals surface area contributed by atoms with Gasteiger partial charge in [-0.15, -0.1) is 0 Å². The van der Waals surface area contributed by atoms with Gasteiger partial charge in [-0.2, -0.15) is 0 Å². The van der Waals surface area contributed by atoms with Crippen molar-refractivity contribution in [3.05, 3.63) is 28.5 Å². The van der Waals surface area contributed by atoms with Crippen LogP contribution in [0.4, 0.5) is 0 Å². The predicted molar refractivity (Wildman–Crippen MR) is 65.1 cm³/mol.